The molecule has 0 aromatic heterocycles. The van der Waals surface area contributed by atoms with E-state index in [2.05, 4.69) is 34.9 Å². The second-order valence-corrected chi connectivity index (χ2v) is 6.88. The monoisotopic (exact) mass is 402 g/mol. The Balaban J connectivity index is 1.56. The topological polar surface area (TPSA) is 67.4 Å². The molecule has 0 unspecified atom stereocenters. The van der Waals surface area contributed by atoms with E-state index in [1.165, 1.54) is 11.1 Å². The fourth-order valence-corrected chi connectivity index (χ4v) is 3.36. The molecule has 0 atom stereocenters. The molecule has 0 aliphatic carbocycles. The maximum atomic E-state index is 12.3. The van der Waals surface area contributed by atoms with Crippen LogP contribution in [0.25, 0.3) is 0 Å². The maximum Gasteiger partial charge on any atom is 0.257 e. The Hall–Kier alpha value is -3.60. The Morgan fingerprint density at radius 3 is 2.00 bits per heavy atom. The van der Waals surface area contributed by atoms with Crippen LogP contribution in [-0.2, 0) is 4.79 Å². The van der Waals surface area contributed by atoms with Crippen molar-refractivity contribution in [2.75, 3.05) is 20.2 Å². The Bertz CT molecular complexity index is 919. The van der Waals surface area contributed by atoms with E-state index in [0.717, 1.165) is 6.42 Å². The molecule has 3 rings (SSSR count). The minimum Gasteiger partial charge on any atom is -0.483 e. The first kappa shape index (κ1) is 21.1. The van der Waals surface area contributed by atoms with E-state index in [0.29, 0.717) is 17.9 Å². The molecule has 2 N–H and O–H groups in total. The number of carbonyl (C=O) groups excluding carboxylic acids is 2. The van der Waals surface area contributed by atoms with Gasteiger partial charge in [-0.3, -0.25) is 9.59 Å². The van der Waals surface area contributed by atoms with Gasteiger partial charge in [0.1, 0.15) is 5.75 Å². The van der Waals surface area contributed by atoms with E-state index in [9.17, 15) is 9.59 Å². The number of benzene rings is 3. The van der Waals surface area contributed by atoms with Crippen LogP contribution in [0, 0.1) is 0 Å². The Morgan fingerprint density at radius 1 is 0.833 bits per heavy atom. The molecule has 3 aromatic rings. The average molecular weight is 402 g/mol. The smallest absolute Gasteiger partial charge is 0.257 e. The number of hydrogen-bond acceptors (Lipinski definition) is 3. The lowest BCUT2D eigenvalue weighted by Gasteiger charge is -2.18. The van der Waals surface area contributed by atoms with Gasteiger partial charge in [-0.1, -0.05) is 72.8 Å². The highest BCUT2D eigenvalue weighted by atomic mass is 16.5. The van der Waals surface area contributed by atoms with E-state index in [1.54, 1.807) is 31.3 Å². The van der Waals surface area contributed by atoms with Crippen molar-refractivity contribution in [2.24, 2.45) is 0 Å². The van der Waals surface area contributed by atoms with Gasteiger partial charge in [0.25, 0.3) is 11.8 Å². The highest BCUT2D eigenvalue weighted by Gasteiger charge is 2.15. The Kier molecular flexibility index (Phi) is 7.61. The predicted octanol–water partition coefficient (Wildman–Crippen LogP) is 3.76. The lowest BCUT2D eigenvalue weighted by Crippen LogP contribution is -2.31. The van der Waals surface area contributed by atoms with E-state index in [1.807, 2.05) is 36.4 Å². The van der Waals surface area contributed by atoms with Crippen molar-refractivity contribution in [3.8, 4) is 5.75 Å². The van der Waals surface area contributed by atoms with Crippen LogP contribution >= 0.6 is 0 Å². The zero-order valence-electron chi connectivity index (χ0n) is 17.0. The second kappa shape index (κ2) is 10.8. The molecule has 154 valence electrons. The molecular weight excluding hydrogens is 376 g/mol. The van der Waals surface area contributed by atoms with Gasteiger partial charge in [-0.15, -0.1) is 0 Å². The molecule has 0 heterocycles. The van der Waals surface area contributed by atoms with Gasteiger partial charge in [-0.2, -0.15) is 0 Å². The van der Waals surface area contributed by atoms with Gasteiger partial charge in [0.05, 0.1) is 5.56 Å². The third-order valence-corrected chi connectivity index (χ3v) is 4.88. The van der Waals surface area contributed by atoms with E-state index in [4.69, 9.17) is 4.74 Å². The lowest BCUT2D eigenvalue weighted by molar-refractivity contribution is -0.123. The minimum atomic E-state index is -0.250. The molecule has 0 saturated carbocycles. The summed E-state index contributed by atoms with van der Waals surface area (Å²) in [5, 5.41) is 5.49. The molecule has 3 aromatic carbocycles. The number of rotatable bonds is 9. The van der Waals surface area contributed by atoms with Crippen molar-refractivity contribution in [1.82, 2.24) is 10.6 Å². The van der Waals surface area contributed by atoms with Gasteiger partial charge in [-0.05, 0) is 29.7 Å². The van der Waals surface area contributed by atoms with Crippen LogP contribution < -0.4 is 15.4 Å². The maximum absolute atomic E-state index is 12.3. The van der Waals surface area contributed by atoms with Crippen LogP contribution in [0.1, 0.15) is 33.8 Å². The second-order valence-electron chi connectivity index (χ2n) is 6.88. The third kappa shape index (κ3) is 5.70. The zero-order chi connectivity index (χ0) is 21.2. The fourth-order valence-electron chi connectivity index (χ4n) is 3.36. The van der Waals surface area contributed by atoms with Crippen molar-refractivity contribution >= 4 is 11.8 Å². The largest absolute Gasteiger partial charge is 0.483 e. The Labute approximate surface area is 177 Å². The summed E-state index contributed by atoms with van der Waals surface area (Å²) in [6.45, 7) is 0.378. The van der Waals surface area contributed by atoms with Gasteiger partial charge >= 0.3 is 0 Å². The first-order valence-electron chi connectivity index (χ1n) is 9.99. The van der Waals surface area contributed by atoms with E-state index in [-0.39, 0.29) is 24.3 Å². The molecular formula is C25H26N2O3. The summed E-state index contributed by atoms with van der Waals surface area (Å²) in [5.41, 5.74) is 2.84. The van der Waals surface area contributed by atoms with E-state index < -0.39 is 0 Å². The minimum absolute atomic E-state index is 0.144. The third-order valence-electron chi connectivity index (χ3n) is 4.88. The molecule has 5 heteroatoms. The number of ether oxygens (including phenoxy) is 1. The molecule has 0 aliphatic heterocycles. The van der Waals surface area contributed by atoms with Gasteiger partial charge in [-0.25, -0.2) is 0 Å². The molecule has 0 fully saturated rings. The highest BCUT2D eigenvalue weighted by Crippen LogP contribution is 2.27. The van der Waals surface area contributed by atoms with Gasteiger partial charge < -0.3 is 15.4 Å². The van der Waals surface area contributed by atoms with Gasteiger partial charge in [0, 0.05) is 19.5 Å². The molecule has 2 amide bonds. The van der Waals surface area contributed by atoms with Crippen LogP contribution in [0.5, 0.6) is 5.75 Å². The van der Waals surface area contributed by atoms with Crippen molar-refractivity contribution in [3.63, 3.8) is 0 Å². The van der Waals surface area contributed by atoms with Crippen LogP contribution in [0.3, 0.4) is 0 Å². The summed E-state index contributed by atoms with van der Waals surface area (Å²) in [5.74, 6) is 0.113. The van der Waals surface area contributed by atoms with E-state index >= 15 is 0 Å². The Morgan fingerprint density at radius 2 is 1.40 bits per heavy atom. The molecule has 0 aliphatic rings. The zero-order valence-corrected chi connectivity index (χ0v) is 17.0. The fraction of sp³-hybridized carbons (Fsp3) is 0.200. The van der Waals surface area contributed by atoms with Crippen LogP contribution in [-0.4, -0.2) is 32.0 Å². The number of amides is 2. The summed E-state index contributed by atoms with van der Waals surface area (Å²) in [7, 11) is 1.56. The standard InChI is InChI=1S/C25H26N2O3/c1-26-25(29)22-14-8-9-15-23(22)30-18-24(28)27-17-16-21(19-10-4-2-5-11-19)20-12-6-3-7-13-20/h2-15,21H,16-18H2,1H3,(H,26,29)(H,27,28). The molecule has 0 radical (unpaired) electrons. The highest BCUT2D eigenvalue weighted by molar-refractivity contribution is 5.96. The molecule has 0 bridgehead atoms. The summed E-state index contributed by atoms with van der Waals surface area (Å²) < 4.78 is 5.58. The number of para-hydroxylation sites is 1. The first-order valence-corrected chi connectivity index (χ1v) is 9.99. The predicted molar refractivity (Wildman–Crippen MR) is 118 cm³/mol. The quantitative estimate of drug-likeness (QED) is 0.573. The van der Waals surface area contributed by atoms with Crippen LogP contribution in [0.15, 0.2) is 84.9 Å². The normalized spacial score (nSPS) is 10.5. The van der Waals surface area contributed by atoms with Crippen molar-refractivity contribution in [3.05, 3.63) is 102 Å². The lowest BCUT2D eigenvalue weighted by atomic mass is 9.88. The summed E-state index contributed by atoms with van der Waals surface area (Å²) >= 11 is 0. The molecule has 0 saturated heterocycles. The molecule has 30 heavy (non-hydrogen) atoms. The van der Waals surface area contributed by atoms with Crippen molar-refractivity contribution in [1.29, 1.82) is 0 Å². The SMILES string of the molecule is CNC(=O)c1ccccc1OCC(=O)NCCC(c1ccccc1)c1ccccc1. The summed E-state index contributed by atoms with van der Waals surface area (Å²) in [4.78, 5) is 24.2. The van der Waals surface area contributed by atoms with Crippen LogP contribution in [0.2, 0.25) is 0 Å². The molecule has 0 spiro atoms. The van der Waals surface area contributed by atoms with Crippen LogP contribution in [0.4, 0.5) is 0 Å². The van der Waals surface area contributed by atoms with Crippen molar-refractivity contribution in [2.45, 2.75) is 12.3 Å². The summed E-state index contributed by atoms with van der Waals surface area (Å²) in [6, 6.07) is 27.4. The van der Waals surface area contributed by atoms with Crippen molar-refractivity contribution < 1.29 is 14.3 Å². The first-order chi connectivity index (χ1) is 14.7. The average Bonchev–Trinajstić information content (AvgIpc) is 2.81. The van der Waals surface area contributed by atoms with Gasteiger partial charge in [0.2, 0.25) is 0 Å². The van der Waals surface area contributed by atoms with Gasteiger partial charge in [0.15, 0.2) is 6.61 Å². The summed E-state index contributed by atoms with van der Waals surface area (Å²) in [6.07, 6.45) is 0.772. The molecule has 5 nitrogen and oxygen atoms in total. The number of carbonyl (C=O) groups is 2. The number of hydrogen-bond donors (Lipinski definition) is 2. The number of nitrogens with one attached hydrogen (secondary N) is 2.